The van der Waals surface area contributed by atoms with Crippen LogP contribution in [0.25, 0.3) is 0 Å². The number of nitrogens with one attached hydrogen (secondary N) is 1. The minimum absolute atomic E-state index is 0.0435. The molecule has 3 rings (SSSR count). The molecule has 2 amide bonds. The second-order valence-corrected chi connectivity index (χ2v) is 9.11. The van der Waals surface area contributed by atoms with E-state index in [9.17, 15) is 9.59 Å². The highest BCUT2D eigenvalue weighted by molar-refractivity contribution is 6.02. The average molecular weight is 414 g/mol. The largest absolute Gasteiger partial charge is 0.371 e. The van der Waals surface area contributed by atoms with Crippen molar-refractivity contribution < 1.29 is 9.59 Å². The number of amides is 2. The third-order valence-electron chi connectivity index (χ3n) is 6.54. The van der Waals surface area contributed by atoms with Crippen LogP contribution in [0, 0.1) is 5.92 Å². The predicted molar refractivity (Wildman–Crippen MR) is 124 cm³/mol. The normalized spacial score (nSPS) is 17.8. The molecule has 0 atom stereocenters. The van der Waals surface area contributed by atoms with Gasteiger partial charge in [-0.25, -0.2) is 0 Å². The second kappa shape index (κ2) is 11.4. The standard InChI is InChI=1S/C25H39N3O2/c1-3-4-5-7-10-24(29)26-21-11-12-23(27-15-8-6-9-16-27)22(19-21)25(30)28-17-13-20(2)14-18-28/h11-12,19-20H,3-10,13-18H2,1-2H3,(H,26,29). The van der Waals surface area contributed by atoms with E-state index in [0.29, 0.717) is 12.3 Å². The Morgan fingerprint density at radius 2 is 1.73 bits per heavy atom. The van der Waals surface area contributed by atoms with E-state index in [1.807, 2.05) is 23.1 Å². The minimum atomic E-state index is 0.0435. The van der Waals surface area contributed by atoms with Crippen LogP contribution < -0.4 is 10.2 Å². The second-order valence-electron chi connectivity index (χ2n) is 9.11. The summed E-state index contributed by atoms with van der Waals surface area (Å²) in [4.78, 5) is 30.1. The Balaban J connectivity index is 1.75. The number of rotatable bonds is 8. The fraction of sp³-hybridized carbons (Fsp3) is 0.680. The summed E-state index contributed by atoms with van der Waals surface area (Å²) in [5.41, 5.74) is 2.51. The van der Waals surface area contributed by atoms with E-state index in [1.54, 1.807) is 0 Å². The highest BCUT2D eigenvalue weighted by atomic mass is 16.2. The number of hydrogen-bond acceptors (Lipinski definition) is 3. The number of nitrogens with zero attached hydrogens (tertiary/aromatic N) is 2. The highest BCUT2D eigenvalue weighted by Gasteiger charge is 2.26. The number of benzene rings is 1. The number of likely N-dealkylation sites (tertiary alicyclic amines) is 1. The number of anilines is 2. The summed E-state index contributed by atoms with van der Waals surface area (Å²) < 4.78 is 0. The molecule has 0 aromatic heterocycles. The Kier molecular flexibility index (Phi) is 8.59. The summed E-state index contributed by atoms with van der Waals surface area (Å²) in [6.07, 6.45) is 10.6. The lowest BCUT2D eigenvalue weighted by Gasteiger charge is -2.34. The van der Waals surface area contributed by atoms with Crippen molar-refractivity contribution >= 4 is 23.2 Å². The van der Waals surface area contributed by atoms with E-state index in [1.165, 1.54) is 32.1 Å². The summed E-state index contributed by atoms with van der Waals surface area (Å²) in [6.45, 7) is 8.09. The number of unbranched alkanes of at least 4 members (excludes halogenated alkanes) is 3. The van der Waals surface area contributed by atoms with Gasteiger partial charge in [-0.3, -0.25) is 9.59 Å². The molecule has 2 saturated heterocycles. The van der Waals surface area contributed by atoms with Crippen molar-refractivity contribution in [3.63, 3.8) is 0 Å². The number of carbonyl (C=O) groups is 2. The molecule has 1 N–H and O–H groups in total. The lowest BCUT2D eigenvalue weighted by atomic mass is 9.98. The van der Waals surface area contributed by atoms with E-state index >= 15 is 0 Å². The van der Waals surface area contributed by atoms with Crippen LogP contribution in [0.15, 0.2) is 18.2 Å². The molecule has 5 heteroatoms. The average Bonchev–Trinajstić information content (AvgIpc) is 2.77. The number of piperidine rings is 2. The van der Waals surface area contributed by atoms with Gasteiger partial charge in [0.05, 0.1) is 5.56 Å². The van der Waals surface area contributed by atoms with E-state index in [-0.39, 0.29) is 11.8 Å². The molecular formula is C25H39N3O2. The van der Waals surface area contributed by atoms with E-state index in [4.69, 9.17) is 0 Å². The molecule has 166 valence electrons. The number of hydrogen-bond donors (Lipinski definition) is 1. The molecule has 2 fully saturated rings. The Bertz CT molecular complexity index is 704. The maximum Gasteiger partial charge on any atom is 0.256 e. The van der Waals surface area contributed by atoms with Crippen molar-refractivity contribution in [2.75, 3.05) is 36.4 Å². The molecule has 5 nitrogen and oxygen atoms in total. The van der Waals surface area contributed by atoms with Crippen LogP contribution in [0.1, 0.15) is 88.4 Å². The van der Waals surface area contributed by atoms with Crippen molar-refractivity contribution in [2.45, 2.75) is 78.1 Å². The van der Waals surface area contributed by atoms with Gasteiger partial charge in [0.2, 0.25) is 5.91 Å². The van der Waals surface area contributed by atoms with Gasteiger partial charge in [0.25, 0.3) is 5.91 Å². The molecule has 30 heavy (non-hydrogen) atoms. The Hall–Kier alpha value is -2.04. The molecule has 0 bridgehead atoms. The zero-order valence-electron chi connectivity index (χ0n) is 18.9. The lowest BCUT2D eigenvalue weighted by molar-refractivity contribution is -0.116. The molecule has 0 unspecified atom stereocenters. The monoisotopic (exact) mass is 413 g/mol. The van der Waals surface area contributed by atoms with Crippen LogP contribution in [-0.2, 0) is 4.79 Å². The van der Waals surface area contributed by atoms with E-state index in [0.717, 1.165) is 68.8 Å². The van der Waals surface area contributed by atoms with Gasteiger partial charge in [-0.15, -0.1) is 0 Å². The quantitative estimate of drug-likeness (QED) is 0.576. The zero-order chi connectivity index (χ0) is 21.3. The molecule has 0 aliphatic carbocycles. The maximum atomic E-state index is 13.4. The summed E-state index contributed by atoms with van der Waals surface area (Å²) >= 11 is 0. The molecule has 0 saturated carbocycles. The van der Waals surface area contributed by atoms with E-state index in [2.05, 4.69) is 24.1 Å². The highest BCUT2D eigenvalue weighted by Crippen LogP contribution is 2.30. The van der Waals surface area contributed by atoms with Crippen molar-refractivity contribution in [2.24, 2.45) is 5.92 Å². The van der Waals surface area contributed by atoms with Gasteiger partial charge >= 0.3 is 0 Å². The molecule has 2 aliphatic heterocycles. The van der Waals surface area contributed by atoms with Gasteiger partial charge < -0.3 is 15.1 Å². The Morgan fingerprint density at radius 3 is 2.43 bits per heavy atom. The van der Waals surface area contributed by atoms with Crippen LogP contribution in [0.5, 0.6) is 0 Å². The zero-order valence-corrected chi connectivity index (χ0v) is 18.9. The summed E-state index contributed by atoms with van der Waals surface area (Å²) in [6, 6.07) is 5.91. The number of carbonyl (C=O) groups excluding carboxylic acids is 2. The molecule has 0 spiro atoms. The molecule has 1 aromatic rings. The van der Waals surface area contributed by atoms with Crippen LogP contribution >= 0.6 is 0 Å². The van der Waals surface area contributed by atoms with Gasteiger partial charge in [-0.05, 0) is 62.6 Å². The first kappa shape index (κ1) is 22.6. The van der Waals surface area contributed by atoms with Gasteiger partial charge in [0.1, 0.15) is 0 Å². The first-order valence-corrected chi connectivity index (χ1v) is 12.1. The molecule has 1 aromatic carbocycles. The Morgan fingerprint density at radius 1 is 1.00 bits per heavy atom. The first-order valence-electron chi connectivity index (χ1n) is 12.1. The minimum Gasteiger partial charge on any atom is -0.371 e. The predicted octanol–water partition coefficient (Wildman–Crippen LogP) is 5.46. The van der Waals surface area contributed by atoms with Crippen LogP contribution in [0.4, 0.5) is 11.4 Å². The van der Waals surface area contributed by atoms with E-state index < -0.39 is 0 Å². The van der Waals surface area contributed by atoms with Crippen molar-refractivity contribution in [3.8, 4) is 0 Å². The summed E-state index contributed by atoms with van der Waals surface area (Å²) in [5.74, 6) is 0.845. The van der Waals surface area contributed by atoms with Crippen LogP contribution in [-0.4, -0.2) is 42.9 Å². The fourth-order valence-electron chi connectivity index (χ4n) is 4.51. The van der Waals surface area contributed by atoms with Crippen molar-refractivity contribution in [1.29, 1.82) is 0 Å². The van der Waals surface area contributed by atoms with Gasteiger partial charge in [0.15, 0.2) is 0 Å². The summed E-state index contributed by atoms with van der Waals surface area (Å²) in [7, 11) is 0. The molecule has 2 heterocycles. The smallest absolute Gasteiger partial charge is 0.256 e. The van der Waals surface area contributed by atoms with Gasteiger partial charge in [0, 0.05) is 44.0 Å². The fourth-order valence-corrected chi connectivity index (χ4v) is 4.51. The van der Waals surface area contributed by atoms with Crippen molar-refractivity contribution in [1.82, 2.24) is 4.90 Å². The maximum absolute atomic E-state index is 13.4. The van der Waals surface area contributed by atoms with Gasteiger partial charge in [-0.2, -0.15) is 0 Å². The summed E-state index contributed by atoms with van der Waals surface area (Å²) in [5, 5.41) is 3.03. The molecular weight excluding hydrogens is 374 g/mol. The first-order chi connectivity index (χ1) is 14.6. The van der Waals surface area contributed by atoms with Gasteiger partial charge in [-0.1, -0.05) is 33.1 Å². The molecule has 2 aliphatic rings. The third-order valence-corrected chi connectivity index (χ3v) is 6.54. The van der Waals surface area contributed by atoms with Crippen LogP contribution in [0.3, 0.4) is 0 Å². The lowest BCUT2D eigenvalue weighted by Crippen LogP contribution is -2.39. The van der Waals surface area contributed by atoms with Crippen LogP contribution in [0.2, 0.25) is 0 Å². The van der Waals surface area contributed by atoms with Crippen molar-refractivity contribution in [3.05, 3.63) is 23.8 Å². The third kappa shape index (κ3) is 6.23. The molecule has 0 radical (unpaired) electrons. The topological polar surface area (TPSA) is 52.7 Å². The Labute approximate surface area is 182 Å². The SMILES string of the molecule is CCCCCCC(=O)Nc1ccc(N2CCCCC2)c(C(=O)N2CCC(C)CC2)c1.